The number of hydrogen-bond acceptors (Lipinski definition) is 13. The summed E-state index contributed by atoms with van der Waals surface area (Å²) in [5, 5.41) is 14.0. The number of rotatable bonds is 13. The smallest absolute Gasteiger partial charge is 0.337 e. The summed E-state index contributed by atoms with van der Waals surface area (Å²) in [7, 11) is 2.79. The minimum Gasteiger partial charge on any atom is -0.465 e. The molecule has 69 heavy (non-hydrogen) atoms. The van der Waals surface area contributed by atoms with E-state index in [4.69, 9.17) is 60.2 Å². The van der Waals surface area contributed by atoms with Crippen LogP contribution >= 0.6 is 46.4 Å². The van der Waals surface area contributed by atoms with Crippen LogP contribution in [0.5, 0.6) is 0 Å². The molecule has 362 valence electrons. The predicted octanol–water partition coefficient (Wildman–Crippen LogP) is 10.8. The average Bonchev–Trinajstić information content (AvgIpc) is 4.33. The highest BCUT2D eigenvalue weighted by molar-refractivity contribution is 6.39. The van der Waals surface area contributed by atoms with Crippen molar-refractivity contribution >= 4 is 76.0 Å². The molecule has 10 rings (SSSR count). The number of carbonyl (C=O) groups is 3. The molecule has 2 saturated carbocycles. The van der Waals surface area contributed by atoms with Gasteiger partial charge >= 0.3 is 11.9 Å². The molecule has 4 aliphatic rings. The summed E-state index contributed by atoms with van der Waals surface area (Å²) in [5.41, 5.74) is 8.17. The van der Waals surface area contributed by atoms with Crippen molar-refractivity contribution in [2.24, 2.45) is 0 Å². The molecule has 0 radical (unpaired) electrons. The van der Waals surface area contributed by atoms with Crippen LogP contribution in [0.1, 0.15) is 80.9 Å². The lowest BCUT2D eigenvalue weighted by Gasteiger charge is -2.36. The number of nitrogens with zero attached hydrogens (tertiary/aromatic N) is 5. The fourth-order valence-electron chi connectivity index (χ4n) is 8.61. The fourth-order valence-corrected chi connectivity index (χ4v) is 9.77. The lowest BCUT2D eigenvalue weighted by molar-refractivity contribution is -0.107. The van der Waals surface area contributed by atoms with Gasteiger partial charge in [0.05, 0.1) is 45.4 Å². The number of piperazine rings is 2. The van der Waals surface area contributed by atoms with Crippen molar-refractivity contribution in [3.8, 4) is 22.5 Å². The number of methoxy groups -OCH3 is 2. The number of carbonyl (C=O) groups excluding carboxylic acids is 3. The van der Waals surface area contributed by atoms with Crippen LogP contribution < -0.4 is 15.1 Å². The van der Waals surface area contributed by atoms with Crippen molar-refractivity contribution in [3.63, 3.8) is 0 Å². The Kier molecular flexibility index (Phi) is 17.0. The molecule has 0 unspecified atom stereocenters. The zero-order chi connectivity index (χ0) is 48.4. The molecule has 0 bridgehead atoms. The van der Waals surface area contributed by atoms with E-state index in [-0.39, 0.29) is 18.4 Å². The minimum absolute atomic E-state index is 0.270. The molecular formula is C52H54Cl4N6O7. The van der Waals surface area contributed by atoms with Gasteiger partial charge in [-0.2, -0.15) is 0 Å². The number of halogens is 4. The van der Waals surface area contributed by atoms with E-state index >= 15 is 0 Å². The zero-order valence-electron chi connectivity index (χ0n) is 38.5. The van der Waals surface area contributed by atoms with Gasteiger partial charge in [0.25, 0.3) is 0 Å². The van der Waals surface area contributed by atoms with E-state index in [0.717, 1.165) is 143 Å². The van der Waals surface area contributed by atoms with Crippen LogP contribution in [0, 0.1) is 0 Å². The van der Waals surface area contributed by atoms with E-state index in [1.807, 2.05) is 66.7 Å². The van der Waals surface area contributed by atoms with E-state index in [2.05, 4.69) is 35.1 Å². The first-order valence-electron chi connectivity index (χ1n) is 23.2. The number of anilines is 2. The molecule has 0 spiro atoms. The summed E-state index contributed by atoms with van der Waals surface area (Å²) >= 11 is 25.4. The Labute approximate surface area is 421 Å². The van der Waals surface area contributed by atoms with Crippen LogP contribution in [0.2, 0.25) is 20.1 Å². The molecule has 4 heterocycles. The number of aldehydes is 1. The third kappa shape index (κ3) is 12.3. The normalized spacial score (nSPS) is 15.9. The Morgan fingerprint density at radius 2 is 1.04 bits per heavy atom. The van der Waals surface area contributed by atoms with E-state index in [0.29, 0.717) is 54.3 Å². The van der Waals surface area contributed by atoms with E-state index in [9.17, 15) is 14.4 Å². The van der Waals surface area contributed by atoms with Crippen LogP contribution in [0.15, 0.2) is 94.0 Å². The highest BCUT2D eigenvalue weighted by atomic mass is 35.5. The van der Waals surface area contributed by atoms with Crippen LogP contribution in [0.4, 0.5) is 11.4 Å². The lowest BCUT2D eigenvalue weighted by atomic mass is 10.0. The van der Waals surface area contributed by atoms with Gasteiger partial charge < -0.3 is 38.4 Å². The SMILES string of the molecule is COC(=O)c1ccc(N2CCN(CCc3c(-c4c(Cl)cccc4Cl)noc3C3CC3)CC2)cc1.COC(=O)c1ccc(N2CCNCC2)cc1.O=CCc1c(-c2c(Cl)cccc2Cl)noc1C1CC1. The second kappa shape index (κ2) is 23.5. The van der Waals surface area contributed by atoms with Crippen molar-refractivity contribution in [1.82, 2.24) is 20.5 Å². The van der Waals surface area contributed by atoms with Gasteiger partial charge in [-0.05, 0) is 105 Å². The van der Waals surface area contributed by atoms with Gasteiger partial charge in [0.15, 0.2) is 0 Å². The van der Waals surface area contributed by atoms with Crippen LogP contribution in [0.25, 0.3) is 22.5 Å². The monoisotopic (exact) mass is 1010 g/mol. The van der Waals surface area contributed by atoms with Crippen LogP contribution in [0.3, 0.4) is 0 Å². The summed E-state index contributed by atoms with van der Waals surface area (Å²) in [5.74, 6) is 2.05. The number of aromatic nitrogens is 2. The molecule has 4 fully saturated rings. The molecule has 1 N–H and O–H groups in total. The van der Waals surface area contributed by atoms with E-state index in [1.54, 1.807) is 18.2 Å². The minimum atomic E-state index is -0.312. The van der Waals surface area contributed by atoms with Crippen molar-refractivity contribution in [3.05, 3.63) is 139 Å². The third-order valence-corrected chi connectivity index (χ3v) is 14.0. The van der Waals surface area contributed by atoms with E-state index in [1.165, 1.54) is 14.2 Å². The van der Waals surface area contributed by atoms with Crippen molar-refractivity contribution < 1.29 is 32.9 Å². The Morgan fingerprint density at radius 1 is 0.623 bits per heavy atom. The Hall–Kier alpha value is -5.41. The number of ether oxygens (including phenoxy) is 2. The highest BCUT2D eigenvalue weighted by Gasteiger charge is 2.35. The highest BCUT2D eigenvalue weighted by Crippen LogP contribution is 2.47. The maximum absolute atomic E-state index is 11.7. The molecule has 0 atom stereocenters. The number of esters is 2. The molecule has 2 aromatic heterocycles. The Balaban J connectivity index is 0.000000154. The number of nitrogens with one attached hydrogen (secondary N) is 1. The first-order valence-corrected chi connectivity index (χ1v) is 24.7. The first kappa shape index (κ1) is 50.0. The summed E-state index contributed by atoms with van der Waals surface area (Å²) in [6.07, 6.45) is 6.42. The van der Waals surface area contributed by atoms with Gasteiger partial charge in [0.1, 0.15) is 29.2 Å². The largest absolute Gasteiger partial charge is 0.465 e. The summed E-state index contributed by atoms with van der Waals surface area (Å²) in [4.78, 5) is 40.9. The predicted molar refractivity (Wildman–Crippen MR) is 271 cm³/mol. The molecule has 0 amide bonds. The van der Waals surface area contributed by atoms with Crippen LogP contribution in [-0.4, -0.2) is 107 Å². The second-order valence-electron chi connectivity index (χ2n) is 17.3. The molecule has 6 aromatic rings. The van der Waals surface area contributed by atoms with Gasteiger partial charge in [-0.3, -0.25) is 4.90 Å². The number of benzene rings is 4. The zero-order valence-corrected chi connectivity index (χ0v) is 41.6. The number of hydrogen-bond donors (Lipinski definition) is 1. The quantitative estimate of drug-likeness (QED) is 0.0867. The summed E-state index contributed by atoms with van der Waals surface area (Å²) in [6.45, 7) is 8.76. The van der Waals surface area contributed by atoms with E-state index < -0.39 is 0 Å². The molecular weight excluding hydrogens is 962 g/mol. The van der Waals surface area contributed by atoms with Crippen LogP contribution in [-0.2, 0) is 27.1 Å². The van der Waals surface area contributed by atoms with Crippen molar-refractivity contribution in [1.29, 1.82) is 0 Å². The van der Waals surface area contributed by atoms with Gasteiger partial charge in [0, 0.05) is 111 Å². The lowest BCUT2D eigenvalue weighted by Crippen LogP contribution is -2.47. The standard InChI is InChI=1S/C26H27Cl2N3O3.C14H11Cl2NO2.C12H16N2O2/c1-33-26(32)18-7-9-19(10-8-18)31-15-13-30(14-16-31)12-11-20-24(29-34-25(20)17-5-6-17)23-21(27)3-2-4-22(23)28;15-10-2-1-3-11(16)12(10)13-9(6-7-18)14(19-17-13)8-4-5-8;1-16-12(15)10-2-4-11(5-3-10)14-8-6-13-7-9-14/h2-4,7-10,17H,5-6,11-16H2,1H3;1-3,7-8H,4-6H2;2-5,13H,6-9H2,1H3. The Morgan fingerprint density at radius 3 is 1.46 bits per heavy atom. The summed E-state index contributed by atoms with van der Waals surface area (Å²) in [6, 6.07) is 26.0. The van der Waals surface area contributed by atoms with Gasteiger partial charge in [-0.1, -0.05) is 68.8 Å². The topological polar surface area (TPSA) is 143 Å². The molecule has 2 saturated heterocycles. The average molecular weight is 1020 g/mol. The van der Waals surface area contributed by atoms with Gasteiger partial charge in [-0.15, -0.1) is 0 Å². The third-order valence-electron chi connectivity index (χ3n) is 12.7. The molecule has 2 aliphatic carbocycles. The Bertz CT molecular complexity index is 2670. The maximum atomic E-state index is 11.7. The van der Waals surface area contributed by atoms with Gasteiger partial charge in [-0.25, -0.2) is 9.59 Å². The molecule has 2 aliphatic heterocycles. The second-order valence-corrected chi connectivity index (χ2v) is 18.9. The molecule has 17 heteroatoms. The first-order chi connectivity index (χ1) is 33.6. The van der Waals surface area contributed by atoms with Crippen molar-refractivity contribution in [2.45, 2.75) is 50.4 Å². The van der Waals surface area contributed by atoms with Crippen molar-refractivity contribution in [2.75, 3.05) is 82.9 Å². The van der Waals surface area contributed by atoms with Gasteiger partial charge in [0.2, 0.25) is 0 Å². The molecule has 4 aromatic carbocycles. The fraction of sp³-hybridized carbons (Fsp3) is 0.365. The maximum Gasteiger partial charge on any atom is 0.337 e. The summed E-state index contributed by atoms with van der Waals surface area (Å²) < 4.78 is 20.7. The molecule has 13 nitrogen and oxygen atoms in total.